The predicted octanol–water partition coefficient (Wildman–Crippen LogP) is 6.15. The van der Waals surface area contributed by atoms with E-state index >= 15 is 0 Å². The molecular formula is C29H27Cl2N5O3. The number of ether oxygens (including phenoxy) is 2. The molecule has 2 aromatic heterocycles. The van der Waals surface area contributed by atoms with Crippen LogP contribution in [0.25, 0.3) is 38.6 Å². The van der Waals surface area contributed by atoms with Crippen LogP contribution in [-0.4, -0.2) is 62.8 Å². The molecule has 0 atom stereocenters. The van der Waals surface area contributed by atoms with Crippen molar-refractivity contribution in [3.05, 3.63) is 70.5 Å². The van der Waals surface area contributed by atoms with E-state index in [1.807, 2.05) is 62.3 Å². The Hall–Kier alpha value is -3.59. The molecule has 1 amide bonds. The number of fused-ring (bicyclic) bond motifs is 3. The molecule has 0 unspecified atom stereocenters. The van der Waals surface area contributed by atoms with Gasteiger partial charge < -0.3 is 14.4 Å². The molecule has 1 saturated heterocycles. The summed E-state index contributed by atoms with van der Waals surface area (Å²) in [5.74, 6) is 0.543. The first-order valence-electron chi connectivity index (χ1n) is 12.6. The minimum Gasteiger partial charge on any atom is -0.496 e. The van der Waals surface area contributed by atoms with Crippen molar-refractivity contribution in [2.24, 2.45) is 7.05 Å². The summed E-state index contributed by atoms with van der Waals surface area (Å²) < 4.78 is 14.9. The number of morpholine rings is 1. The van der Waals surface area contributed by atoms with Gasteiger partial charge >= 0.3 is 0 Å². The molecule has 0 radical (unpaired) electrons. The highest BCUT2D eigenvalue weighted by molar-refractivity contribution is 6.35. The van der Waals surface area contributed by atoms with E-state index < -0.39 is 5.54 Å². The number of rotatable bonds is 4. The Morgan fingerprint density at radius 3 is 2.46 bits per heavy atom. The Balaban J connectivity index is 1.67. The molecule has 6 rings (SSSR count). The van der Waals surface area contributed by atoms with E-state index in [9.17, 15) is 4.79 Å². The topological polar surface area (TPSA) is 74.4 Å². The zero-order valence-corrected chi connectivity index (χ0v) is 23.5. The van der Waals surface area contributed by atoms with Crippen molar-refractivity contribution < 1.29 is 14.3 Å². The summed E-state index contributed by atoms with van der Waals surface area (Å²) in [6.45, 7) is 5.42. The standard InChI is InChI=1S/C29H27Cl2N5O3/c1-29(2)16-39-10-9-35(29)28(37)26-21-6-5-17-11-25(38-4)23(24-7-8-34(3)32-24)15-22(17)27(21)36(33-26)20-13-18(30)12-19(31)14-20/h5-8,11-15H,9-10,16H2,1-4H3. The second-order valence-electron chi connectivity index (χ2n) is 10.3. The number of carbonyl (C=O) groups excluding carboxylic acids is 1. The summed E-state index contributed by atoms with van der Waals surface area (Å²) in [5.41, 5.74) is 2.91. The minimum absolute atomic E-state index is 0.155. The maximum absolute atomic E-state index is 14.0. The number of amides is 1. The zero-order chi connectivity index (χ0) is 27.5. The van der Waals surface area contributed by atoms with Gasteiger partial charge in [-0.1, -0.05) is 29.3 Å². The van der Waals surface area contributed by atoms with Gasteiger partial charge in [0.1, 0.15) is 5.75 Å². The maximum Gasteiger partial charge on any atom is 0.275 e. The molecule has 3 heterocycles. The molecule has 3 aromatic carbocycles. The number of aryl methyl sites for hydroxylation is 1. The van der Waals surface area contributed by atoms with E-state index in [1.165, 1.54) is 0 Å². The first-order valence-corrected chi connectivity index (χ1v) is 13.3. The summed E-state index contributed by atoms with van der Waals surface area (Å²) in [4.78, 5) is 15.9. The molecule has 0 bridgehead atoms. The Morgan fingerprint density at radius 1 is 1.03 bits per heavy atom. The fourth-order valence-corrected chi connectivity index (χ4v) is 5.77. The third-order valence-corrected chi connectivity index (χ3v) is 7.59. The van der Waals surface area contributed by atoms with Crippen LogP contribution >= 0.6 is 23.2 Å². The molecule has 0 aliphatic carbocycles. The molecule has 0 N–H and O–H groups in total. The smallest absolute Gasteiger partial charge is 0.275 e. The molecule has 5 aromatic rings. The van der Waals surface area contributed by atoms with Crippen molar-refractivity contribution in [2.45, 2.75) is 19.4 Å². The van der Waals surface area contributed by atoms with Crippen LogP contribution in [0.1, 0.15) is 24.3 Å². The number of halogens is 2. The first-order chi connectivity index (χ1) is 18.7. The molecule has 1 fully saturated rings. The van der Waals surface area contributed by atoms with Crippen molar-refractivity contribution >= 4 is 50.8 Å². The number of nitrogens with zero attached hydrogens (tertiary/aromatic N) is 5. The molecule has 10 heteroatoms. The molecule has 8 nitrogen and oxygen atoms in total. The molecule has 200 valence electrons. The van der Waals surface area contributed by atoms with Crippen LogP contribution in [0.15, 0.2) is 54.7 Å². The van der Waals surface area contributed by atoms with Gasteiger partial charge in [0, 0.05) is 46.2 Å². The molecule has 1 aliphatic heterocycles. The first kappa shape index (κ1) is 25.7. The summed E-state index contributed by atoms with van der Waals surface area (Å²) >= 11 is 12.8. The summed E-state index contributed by atoms with van der Waals surface area (Å²) in [6, 6.07) is 15.1. The summed E-state index contributed by atoms with van der Waals surface area (Å²) in [7, 11) is 3.52. The normalized spacial score (nSPS) is 15.3. The third kappa shape index (κ3) is 4.42. The van der Waals surface area contributed by atoms with Crippen LogP contribution in [0, 0.1) is 0 Å². The Kier molecular flexibility index (Phi) is 6.29. The molecule has 0 spiro atoms. The highest BCUT2D eigenvalue weighted by atomic mass is 35.5. The highest BCUT2D eigenvalue weighted by Crippen LogP contribution is 2.39. The quantitative estimate of drug-likeness (QED) is 0.262. The van der Waals surface area contributed by atoms with Crippen molar-refractivity contribution in [3.8, 4) is 22.7 Å². The van der Waals surface area contributed by atoms with Crippen LogP contribution in [0.5, 0.6) is 5.75 Å². The monoisotopic (exact) mass is 563 g/mol. The SMILES string of the molecule is COc1cc2ccc3c(C(=O)N4CCOCC4(C)C)nn(-c4cc(Cl)cc(Cl)c4)c3c2cc1-c1ccn(C)n1. The fraction of sp³-hybridized carbons (Fsp3) is 0.276. The molecule has 39 heavy (non-hydrogen) atoms. The van der Waals surface area contributed by atoms with E-state index in [0.717, 1.165) is 32.9 Å². The van der Waals surface area contributed by atoms with E-state index in [-0.39, 0.29) is 5.91 Å². The van der Waals surface area contributed by atoms with E-state index in [4.69, 9.17) is 37.8 Å². The summed E-state index contributed by atoms with van der Waals surface area (Å²) in [6.07, 6.45) is 1.89. The maximum atomic E-state index is 14.0. The number of aromatic nitrogens is 4. The van der Waals surface area contributed by atoms with Gasteiger partial charge in [0.05, 0.1) is 42.8 Å². The van der Waals surface area contributed by atoms with E-state index in [1.54, 1.807) is 34.7 Å². The van der Waals surface area contributed by atoms with E-state index in [0.29, 0.717) is 46.9 Å². The fourth-order valence-electron chi connectivity index (χ4n) is 5.26. The Morgan fingerprint density at radius 2 is 1.79 bits per heavy atom. The second-order valence-corrected chi connectivity index (χ2v) is 11.2. The van der Waals surface area contributed by atoms with Crippen LogP contribution in [0.4, 0.5) is 0 Å². The molecule has 0 saturated carbocycles. The second kappa shape index (κ2) is 9.55. The average Bonchev–Trinajstić information content (AvgIpc) is 3.50. The lowest BCUT2D eigenvalue weighted by molar-refractivity contribution is -0.0372. The summed E-state index contributed by atoms with van der Waals surface area (Å²) in [5, 5.41) is 13.0. The predicted molar refractivity (Wildman–Crippen MR) is 153 cm³/mol. The van der Waals surface area contributed by atoms with Gasteiger partial charge in [-0.25, -0.2) is 4.68 Å². The largest absolute Gasteiger partial charge is 0.496 e. The van der Waals surface area contributed by atoms with Crippen molar-refractivity contribution in [2.75, 3.05) is 26.9 Å². The van der Waals surface area contributed by atoms with Gasteiger partial charge in [-0.3, -0.25) is 9.48 Å². The van der Waals surface area contributed by atoms with Crippen LogP contribution in [-0.2, 0) is 11.8 Å². The van der Waals surface area contributed by atoms with Gasteiger partial charge in [-0.15, -0.1) is 0 Å². The number of benzene rings is 3. The van der Waals surface area contributed by atoms with Gasteiger partial charge in [0.2, 0.25) is 0 Å². The van der Waals surface area contributed by atoms with Crippen LogP contribution in [0.2, 0.25) is 10.0 Å². The number of hydrogen-bond donors (Lipinski definition) is 0. The number of hydrogen-bond acceptors (Lipinski definition) is 5. The third-order valence-electron chi connectivity index (χ3n) is 7.15. The van der Waals surface area contributed by atoms with Gasteiger partial charge in [0.15, 0.2) is 5.69 Å². The molecule has 1 aliphatic rings. The minimum atomic E-state index is -0.471. The lowest BCUT2D eigenvalue weighted by Crippen LogP contribution is -2.55. The van der Waals surface area contributed by atoms with Crippen molar-refractivity contribution in [1.82, 2.24) is 24.5 Å². The van der Waals surface area contributed by atoms with Crippen molar-refractivity contribution in [1.29, 1.82) is 0 Å². The zero-order valence-electron chi connectivity index (χ0n) is 22.0. The lowest BCUT2D eigenvalue weighted by Gasteiger charge is -2.41. The Bertz CT molecular complexity index is 1740. The van der Waals surface area contributed by atoms with Gasteiger partial charge in [0.25, 0.3) is 5.91 Å². The molecular weight excluding hydrogens is 537 g/mol. The number of carbonyl (C=O) groups is 1. The van der Waals surface area contributed by atoms with Gasteiger partial charge in [-0.05, 0) is 61.7 Å². The highest BCUT2D eigenvalue weighted by Gasteiger charge is 2.37. The Labute approximate surface area is 235 Å². The van der Waals surface area contributed by atoms with Gasteiger partial charge in [-0.2, -0.15) is 10.2 Å². The average molecular weight is 564 g/mol. The van der Waals surface area contributed by atoms with Crippen molar-refractivity contribution in [3.63, 3.8) is 0 Å². The van der Waals surface area contributed by atoms with E-state index in [2.05, 4.69) is 5.10 Å². The van der Waals surface area contributed by atoms with Crippen LogP contribution in [0.3, 0.4) is 0 Å². The van der Waals surface area contributed by atoms with Crippen LogP contribution < -0.4 is 4.74 Å². The lowest BCUT2D eigenvalue weighted by atomic mass is 9.99. The number of methoxy groups -OCH3 is 1.